The van der Waals surface area contributed by atoms with E-state index in [4.69, 9.17) is 14.2 Å². The summed E-state index contributed by atoms with van der Waals surface area (Å²) in [6, 6.07) is 3.41. The zero-order valence-electron chi connectivity index (χ0n) is 24.7. The average molecular weight is 562 g/mol. The normalized spacial score (nSPS) is 17.9. The molecule has 1 aromatic carbocycles. The molecule has 0 amide bonds. The number of aromatic hydroxyl groups is 1. The van der Waals surface area contributed by atoms with E-state index in [9.17, 15) is 24.8 Å². The van der Waals surface area contributed by atoms with E-state index in [1.54, 1.807) is 26.0 Å². The maximum absolute atomic E-state index is 12.8. The molecule has 10 heteroatoms. The van der Waals surface area contributed by atoms with Crippen LogP contribution in [0.1, 0.15) is 97.6 Å². The molecule has 0 spiro atoms. The van der Waals surface area contributed by atoms with Crippen molar-refractivity contribution in [3.05, 3.63) is 57.2 Å². The van der Waals surface area contributed by atoms with Crippen LogP contribution in [0.25, 0.3) is 0 Å². The van der Waals surface area contributed by atoms with E-state index in [0.29, 0.717) is 24.8 Å². The van der Waals surface area contributed by atoms with Crippen LogP contribution in [0.2, 0.25) is 0 Å². The number of nitrogens with zero attached hydrogens (tertiary/aromatic N) is 1. The molecule has 0 bridgehead atoms. The molecule has 0 radical (unpaired) electrons. The van der Waals surface area contributed by atoms with Gasteiger partial charge in [-0.05, 0) is 68.6 Å². The standard InChI is InChI=1S/C30H43NO9/c1-18(2)23-12-11-20(5)15-24(23)27-25(32)16-22(30(7,8)13-9-10-14-37-31(35)36)17-26(27)40-29(34)39-21(6)38-28(33)19(3)4/h15-17,19,21,23-24,32H,1,9-14H2,2-8H3/t21-,23-,24?/m1/s1. The minimum atomic E-state index is -1.17. The summed E-state index contributed by atoms with van der Waals surface area (Å²) in [5, 5.41) is 21.0. The lowest BCUT2D eigenvalue weighted by molar-refractivity contribution is -0.757. The van der Waals surface area contributed by atoms with Gasteiger partial charge in [0.1, 0.15) is 11.5 Å². The number of allylic oxidation sites excluding steroid dienone is 3. The van der Waals surface area contributed by atoms with Crippen LogP contribution in [0.4, 0.5) is 4.79 Å². The molecule has 0 aromatic heterocycles. The van der Waals surface area contributed by atoms with Crippen molar-refractivity contribution in [2.24, 2.45) is 11.8 Å². The first-order valence-electron chi connectivity index (χ1n) is 13.7. The fraction of sp³-hybridized carbons (Fsp3) is 0.600. The SMILES string of the molecule is C=C(C)[C@H]1CCC(C)=CC1c1c(O)cc(C(C)(C)CCCCO[N+](=O)[O-])cc1OC(=O)O[C@H](C)OC(=O)C(C)C. The highest BCUT2D eigenvalue weighted by Gasteiger charge is 2.33. The van der Waals surface area contributed by atoms with Crippen LogP contribution in [0.3, 0.4) is 0 Å². The van der Waals surface area contributed by atoms with E-state index in [-0.39, 0.29) is 29.9 Å². The molecule has 0 heterocycles. The van der Waals surface area contributed by atoms with Crippen molar-refractivity contribution in [3.8, 4) is 11.5 Å². The Balaban J connectivity index is 2.43. The van der Waals surface area contributed by atoms with Gasteiger partial charge in [0.2, 0.25) is 6.29 Å². The quantitative estimate of drug-likeness (QED) is 0.0507. The molecule has 10 nitrogen and oxygen atoms in total. The fourth-order valence-electron chi connectivity index (χ4n) is 4.85. The van der Waals surface area contributed by atoms with Crippen LogP contribution in [0.15, 0.2) is 35.9 Å². The van der Waals surface area contributed by atoms with E-state index < -0.39 is 34.8 Å². The van der Waals surface area contributed by atoms with Gasteiger partial charge in [-0.3, -0.25) is 4.79 Å². The average Bonchev–Trinajstić information content (AvgIpc) is 2.82. The third kappa shape index (κ3) is 9.27. The first kappa shape index (κ1) is 32.7. The van der Waals surface area contributed by atoms with Gasteiger partial charge >= 0.3 is 12.1 Å². The van der Waals surface area contributed by atoms with Gasteiger partial charge in [-0.2, -0.15) is 0 Å². The number of unbranched alkanes of at least 4 members (excludes halogenated alkanes) is 1. The van der Waals surface area contributed by atoms with Crippen LogP contribution in [-0.2, 0) is 24.5 Å². The second-order valence-corrected chi connectivity index (χ2v) is 11.5. The third-order valence-corrected chi connectivity index (χ3v) is 7.22. The van der Waals surface area contributed by atoms with E-state index in [0.717, 1.165) is 29.6 Å². The Hall–Kier alpha value is -3.56. The number of hydrogen-bond donors (Lipinski definition) is 1. The number of esters is 1. The summed E-state index contributed by atoms with van der Waals surface area (Å²) in [4.78, 5) is 39.6. The summed E-state index contributed by atoms with van der Waals surface area (Å²) in [6.45, 7) is 16.8. The van der Waals surface area contributed by atoms with E-state index in [1.165, 1.54) is 6.92 Å². The van der Waals surface area contributed by atoms with Crippen LogP contribution in [0.5, 0.6) is 11.5 Å². The van der Waals surface area contributed by atoms with Crippen LogP contribution in [-0.4, -0.2) is 35.2 Å². The smallest absolute Gasteiger partial charge is 0.507 e. The Bertz CT molecular complexity index is 1120. The first-order valence-corrected chi connectivity index (χ1v) is 13.7. The fourth-order valence-corrected chi connectivity index (χ4v) is 4.85. The zero-order chi connectivity index (χ0) is 30.2. The van der Waals surface area contributed by atoms with Gasteiger partial charge < -0.3 is 24.2 Å². The molecular weight excluding hydrogens is 518 g/mol. The van der Waals surface area contributed by atoms with Crippen molar-refractivity contribution in [2.75, 3.05) is 6.61 Å². The highest BCUT2D eigenvalue weighted by molar-refractivity contribution is 5.72. The van der Waals surface area contributed by atoms with Gasteiger partial charge in [0.25, 0.3) is 5.09 Å². The molecule has 2 rings (SSSR count). The topological polar surface area (TPSA) is 134 Å². The van der Waals surface area contributed by atoms with Crippen LogP contribution >= 0.6 is 0 Å². The minimum Gasteiger partial charge on any atom is -0.507 e. The van der Waals surface area contributed by atoms with Crippen molar-refractivity contribution >= 4 is 12.1 Å². The summed E-state index contributed by atoms with van der Waals surface area (Å²) in [7, 11) is 0. The monoisotopic (exact) mass is 561 g/mol. The Labute approximate surface area is 236 Å². The Kier molecular flexibility index (Phi) is 11.6. The summed E-state index contributed by atoms with van der Waals surface area (Å²) in [5.74, 6) is -1.03. The second-order valence-electron chi connectivity index (χ2n) is 11.5. The number of benzene rings is 1. The van der Waals surface area contributed by atoms with Gasteiger partial charge in [-0.1, -0.05) is 57.9 Å². The molecule has 1 aliphatic rings. The molecule has 0 saturated heterocycles. The van der Waals surface area contributed by atoms with Crippen molar-refractivity contribution in [1.29, 1.82) is 0 Å². The maximum Gasteiger partial charge on any atom is 0.516 e. The molecule has 1 N–H and O–H groups in total. The van der Waals surface area contributed by atoms with Crippen molar-refractivity contribution in [3.63, 3.8) is 0 Å². The van der Waals surface area contributed by atoms with E-state index >= 15 is 0 Å². The number of carbonyl (C=O) groups excluding carboxylic acids is 2. The van der Waals surface area contributed by atoms with Gasteiger partial charge in [0, 0.05) is 18.4 Å². The van der Waals surface area contributed by atoms with Gasteiger partial charge in [-0.15, -0.1) is 10.1 Å². The predicted molar refractivity (Wildman–Crippen MR) is 149 cm³/mol. The summed E-state index contributed by atoms with van der Waals surface area (Å²) in [5.41, 5.74) is 2.81. The number of hydrogen-bond acceptors (Lipinski definition) is 9. The number of carbonyl (C=O) groups is 2. The molecule has 1 unspecified atom stereocenters. The molecule has 0 fully saturated rings. The summed E-state index contributed by atoms with van der Waals surface area (Å²) >= 11 is 0. The number of ether oxygens (including phenoxy) is 3. The molecule has 1 aromatic rings. The Morgan fingerprint density at radius 2 is 1.88 bits per heavy atom. The predicted octanol–water partition coefficient (Wildman–Crippen LogP) is 7.13. The van der Waals surface area contributed by atoms with E-state index in [1.807, 2.05) is 27.7 Å². The number of phenolic OH excluding ortho intramolecular Hbond substituents is 1. The lowest BCUT2D eigenvalue weighted by atomic mass is 9.72. The summed E-state index contributed by atoms with van der Waals surface area (Å²) in [6.07, 6.45) is 3.34. The van der Waals surface area contributed by atoms with Gasteiger partial charge in [-0.25, -0.2) is 4.79 Å². The van der Waals surface area contributed by atoms with Crippen molar-refractivity contribution in [2.45, 2.75) is 98.2 Å². The highest BCUT2D eigenvalue weighted by atomic mass is 16.9. The number of rotatable bonds is 13. The highest BCUT2D eigenvalue weighted by Crippen LogP contribution is 2.48. The molecule has 3 atom stereocenters. The maximum atomic E-state index is 12.8. The Morgan fingerprint density at radius 1 is 1.20 bits per heavy atom. The van der Waals surface area contributed by atoms with Gasteiger partial charge in [0.15, 0.2) is 0 Å². The largest absolute Gasteiger partial charge is 0.516 e. The first-order chi connectivity index (χ1) is 18.6. The lowest BCUT2D eigenvalue weighted by Gasteiger charge is -2.33. The molecule has 0 saturated carbocycles. The molecule has 0 aliphatic heterocycles. The van der Waals surface area contributed by atoms with Crippen molar-refractivity contribution in [1.82, 2.24) is 0 Å². The minimum absolute atomic E-state index is 0.00267. The molecule has 1 aliphatic carbocycles. The Morgan fingerprint density at radius 3 is 2.48 bits per heavy atom. The second kappa shape index (κ2) is 14.2. The lowest BCUT2D eigenvalue weighted by Crippen LogP contribution is -2.26. The van der Waals surface area contributed by atoms with Crippen LogP contribution in [0, 0.1) is 22.0 Å². The molecular formula is C30H43NO9. The molecule has 40 heavy (non-hydrogen) atoms. The van der Waals surface area contributed by atoms with Crippen molar-refractivity contribution < 1.29 is 38.8 Å². The third-order valence-electron chi connectivity index (χ3n) is 7.22. The zero-order valence-corrected chi connectivity index (χ0v) is 24.7. The molecule has 222 valence electrons. The van der Waals surface area contributed by atoms with E-state index in [2.05, 4.69) is 17.5 Å². The summed E-state index contributed by atoms with van der Waals surface area (Å²) < 4.78 is 16.0. The van der Waals surface area contributed by atoms with Crippen LogP contribution < -0.4 is 4.74 Å². The number of phenols is 1. The van der Waals surface area contributed by atoms with Gasteiger partial charge in [0.05, 0.1) is 12.5 Å².